The van der Waals surface area contributed by atoms with Crippen molar-refractivity contribution < 1.29 is 9.90 Å². The van der Waals surface area contributed by atoms with Gasteiger partial charge in [-0.3, -0.25) is 4.79 Å². The van der Waals surface area contributed by atoms with Gasteiger partial charge in [0.25, 0.3) is 0 Å². The predicted octanol–water partition coefficient (Wildman–Crippen LogP) is 1.31. The van der Waals surface area contributed by atoms with Crippen molar-refractivity contribution >= 4 is 29.3 Å². The molecule has 0 aromatic heterocycles. The maximum absolute atomic E-state index is 10.8. The molecule has 2 rings (SSSR count). The second kappa shape index (κ2) is 5.93. The summed E-state index contributed by atoms with van der Waals surface area (Å²) < 4.78 is 0. The molecular weight excluding hydrogens is 272 g/mol. The number of amides is 1. The number of hydrogen-bond donors (Lipinski definition) is 3. The third-order valence-electron chi connectivity index (χ3n) is 2.90. The van der Waals surface area contributed by atoms with Gasteiger partial charge in [-0.2, -0.15) is 0 Å². The van der Waals surface area contributed by atoms with Crippen molar-refractivity contribution in [1.29, 1.82) is 0 Å². The van der Waals surface area contributed by atoms with Gasteiger partial charge in [-0.1, -0.05) is 11.6 Å². The number of thioether (sulfide) groups is 1. The second-order valence-electron chi connectivity index (χ2n) is 4.20. The molecule has 1 aliphatic rings. The topological polar surface area (TPSA) is 75.4 Å². The van der Waals surface area contributed by atoms with E-state index in [1.807, 2.05) is 18.2 Å². The van der Waals surface area contributed by atoms with Gasteiger partial charge in [0.05, 0.1) is 0 Å². The standard InChI is InChI=1S/C12H15ClN2O2S/c13-7-1-2-11-8(5-7)9(3-4-18-11)15-6-10(16)12(14)17/h1-2,5,9-10,15-16H,3-4,6H2,(H2,14,17). The number of fused-ring (bicyclic) bond motifs is 1. The van der Waals surface area contributed by atoms with Crippen molar-refractivity contribution in [2.24, 2.45) is 5.73 Å². The first kappa shape index (κ1) is 13.7. The van der Waals surface area contributed by atoms with Crippen LogP contribution in [0.25, 0.3) is 0 Å². The lowest BCUT2D eigenvalue weighted by molar-refractivity contribution is -0.125. The van der Waals surface area contributed by atoms with Gasteiger partial charge in [-0.15, -0.1) is 11.8 Å². The first-order valence-corrected chi connectivity index (χ1v) is 7.07. The zero-order chi connectivity index (χ0) is 13.1. The molecule has 1 aromatic rings. The lowest BCUT2D eigenvalue weighted by atomic mass is 10.0. The van der Waals surface area contributed by atoms with E-state index in [1.165, 1.54) is 4.90 Å². The number of carbonyl (C=O) groups excluding carboxylic acids is 1. The van der Waals surface area contributed by atoms with Gasteiger partial charge in [-0.05, 0) is 35.9 Å². The third-order valence-corrected chi connectivity index (χ3v) is 4.26. The Kier molecular flexibility index (Phi) is 4.50. The molecule has 1 amide bonds. The second-order valence-corrected chi connectivity index (χ2v) is 5.77. The maximum atomic E-state index is 10.8. The number of hydrogen-bond acceptors (Lipinski definition) is 4. The van der Waals surface area contributed by atoms with E-state index in [2.05, 4.69) is 5.32 Å². The molecule has 0 fully saturated rings. The molecule has 98 valence electrons. The zero-order valence-corrected chi connectivity index (χ0v) is 11.3. The van der Waals surface area contributed by atoms with Gasteiger partial charge < -0.3 is 16.2 Å². The molecule has 2 atom stereocenters. The molecule has 0 aliphatic carbocycles. The number of nitrogens with two attached hydrogens (primary N) is 1. The van der Waals surface area contributed by atoms with E-state index in [-0.39, 0.29) is 12.6 Å². The Labute approximate surface area is 115 Å². The van der Waals surface area contributed by atoms with Gasteiger partial charge in [0.1, 0.15) is 6.10 Å². The highest BCUT2D eigenvalue weighted by molar-refractivity contribution is 7.99. The smallest absolute Gasteiger partial charge is 0.247 e. The highest BCUT2D eigenvalue weighted by Gasteiger charge is 2.22. The highest BCUT2D eigenvalue weighted by Crippen LogP contribution is 2.37. The van der Waals surface area contributed by atoms with E-state index in [0.717, 1.165) is 17.7 Å². The molecule has 6 heteroatoms. The number of nitrogens with one attached hydrogen (secondary N) is 1. The van der Waals surface area contributed by atoms with Crippen molar-refractivity contribution in [2.45, 2.75) is 23.5 Å². The molecule has 1 aliphatic heterocycles. The third kappa shape index (κ3) is 3.17. The Bertz CT molecular complexity index is 456. The molecule has 0 bridgehead atoms. The summed E-state index contributed by atoms with van der Waals surface area (Å²) in [7, 11) is 0. The Balaban J connectivity index is 2.08. The molecular formula is C12H15ClN2O2S. The molecule has 0 saturated heterocycles. The minimum atomic E-state index is -1.15. The minimum absolute atomic E-state index is 0.106. The Hall–Kier alpha value is -0.750. The molecule has 1 aromatic carbocycles. The summed E-state index contributed by atoms with van der Waals surface area (Å²) in [5.41, 5.74) is 6.14. The van der Waals surface area contributed by atoms with Crippen molar-refractivity contribution in [3.8, 4) is 0 Å². The first-order chi connectivity index (χ1) is 8.58. The van der Waals surface area contributed by atoms with Gasteiger partial charge in [0, 0.05) is 22.5 Å². The van der Waals surface area contributed by atoms with Crippen molar-refractivity contribution in [3.05, 3.63) is 28.8 Å². The van der Waals surface area contributed by atoms with Crippen LogP contribution in [0.4, 0.5) is 0 Å². The van der Waals surface area contributed by atoms with Crippen LogP contribution in [-0.2, 0) is 4.79 Å². The minimum Gasteiger partial charge on any atom is -0.382 e. The van der Waals surface area contributed by atoms with Crippen molar-refractivity contribution in [3.63, 3.8) is 0 Å². The molecule has 0 radical (unpaired) electrons. The largest absolute Gasteiger partial charge is 0.382 e. The summed E-state index contributed by atoms with van der Waals surface area (Å²) >= 11 is 7.78. The lowest BCUT2D eigenvalue weighted by Crippen LogP contribution is -2.39. The number of benzene rings is 1. The fourth-order valence-corrected chi connectivity index (χ4v) is 3.22. The van der Waals surface area contributed by atoms with Gasteiger partial charge in [0.2, 0.25) is 5.91 Å². The molecule has 4 nitrogen and oxygen atoms in total. The van der Waals surface area contributed by atoms with Crippen molar-refractivity contribution in [1.82, 2.24) is 5.32 Å². The van der Waals surface area contributed by atoms with Crippen LogP contribution in [-0.4, -0.2) is 29.4 Å². The first-order valence-electron chi connectivity index (χ1n) is 5.71. The Morgan fingerprint density at radius 1 is 1.67 bits per heavy atom. The number of carbonyl (C=O) groups is 1. The fraction of sp³-hybridized carbons (Fsp3) is 0.417. The van der Waals surface area contributed by atoms with Gasteiger partial charge in [-0.25, -0.2) is 0 Å². The molecule has 4 N–H and O–H groups in total. The van der Waals surface area contributed by atoms with Crippen LogP contribution in [0.15, 0.2) is 23.1 Å². The van der Waals surface area contributed by atoms with Crippen molar-refractivity contribution in [2.75, 3.05) is 12.3 Å². The van der Waals surface area contributed by atoms with Crippen LogP contribution >= 0.6 is 23.4 Å². The number of aliphatic hydroxyl groups excluding tert-OH is 1. The molecule has 0 spiro atoms. The van der Waals surface area contributed by atoms with E-state index >= 15 is 0 Å². The lowest BCUT2D eigenvalue weighted by Gasteiger charge is -2.26. The quantitative estimate of drug-likeness (QED) is 0.780. The normalized spacial score (nSPS) is 20.2. The maximum Gasteiger partial charge on any atom is 0.247 e. The average Bonchev–Trinajstić information content (AvgIpc) is 2.35. The summed E-state index contributed by atoms with van der Waals surface area (Å²) in [5, 5.41) is 13.2. The summed E-state index contributed by atoms with van der Waals surface area (Å²) in [5.74, 6) is 0.290. The van der Waals surface area contributed by atoms with Crippen LogP contribution < -0.4 is 11.1 Å². The predicted molar refractivity (Wildman–Crippen MR) is 72.7 cm³/mol. The van der Waals surface area contributed by atoms with E-state index < -0.39 is 12.0 Å². The summed E-state index contributed by atoms with van der Waals surface area (Å²) in [6, 6.07) is 5.90. The number of halogens is 1. The zero-order valence-electron chi connectivity index (χ0n) is 9.73. The summed E-state index contributed by atoms with van der Waals surface area (Å²) in [6.45, 7) is 0.163. The summed E-state index contributed by atoms with van der Waals surface area (Å²) in [4.78, 5) is 12.0. The molecule has 0 saturated carbocycles. The average molecular weight is 287 g/mol. The highest BCUT2D eigenvalue weighted by atomic mass is 35.5. The van der Waals surface area contributed by atoms with Crippen LogP contribution in [0.3, 0.4) is 0 Å². The Morgan fingerprint density at radius 2 is 2.44 bits per heavy atom. The van der Waals surface area contributed by atoms with E-state index in [9.17, 15) is 9.90 Å². The fourth-order valence-electron chi connectivity index (χ4n) is 1.93. The van der Waals surface area contributed by atoms with E-state index in [0.29, 0.717) is 5.02 Å². The van der Waals surface area contributed by atoms with Crippen LogP contribution in [0, 0.1) is 0 Å². The number of rotatable bonds is 4. The van der Waals surface area contributed by atoms with E-state index in [4.69, 9.17) is 17.3 Å². The molecule has 1 heterocycles. The van der Waals surface area contributed by atoms with Crippen LogP contribution in [0.1, 0.15) is 18.0 Å². The van der Waals surface area contributed by atoms with Crippen LogP contribution in [0.2, 0.25) is 5.02 Å². The number of aliphatic hydroxyl groups is 1. The summed E-state index contributed by atoms with van der Waals surface area (Å²) in [6.07, 6.45) is -0.217. The monoisotopic (exact) mass is 286 g/mol. The van der Waals surface area contributed by atoms with Gasteiger partial charge >= 0.3 is 0 Å². The number of primary amides is 1. The van der Waals surface area contributed by atoms with Gasteiger partial charge in [0.15, 0.2) is 0 Å². The Morgan fingerprint density at radius 3 is 3.17 bits per heavy atom. The SMILES string of the molecule is NC(=O)C(O)CNC1CCSc2ccc(Cl)cc21. The molecule has 18 heavy (non-hydrogen) atoms. The molecule has 2 unspecified atom stereocenters. The van der Waals surface area contributed by atoms with E-state index in [1.54, 1.807) is 11.8 Å². The van der Waals surface area contributed by atoms with Crippen LogP contribution in [0.5, 0.6) is 0 Å².